The predicted octanol–water partition coefficient (Wildman–Crippen LogP) is 5.19. The minimum absolute atomic E-state index is 0.462. The minimum Gasteiger partial charge on any atom is -0.495 e. The van der Waals surface area contributed by atoms with Crippen LogP contribution in [0, 0.1) is 6.92 Å². The van der Waals surface area contributed by atoms with Crippen LogP contribution < -0.4 is 10.1 Å². The van der Waals surface area contributed by atoms with Crippen molar-refractivity contribution in [3.63, 3.8) is 0 Å². The summed E-state index contributed by atoms with van der Waals surface area (Å²) in [6.45, 7) is 2.57. The third kappa shape index (κ3) is 3.65. The molecule has 1 aromatic carbocycles. The van der Waals surface area contributed by atoms with Gasteiger partial charge in [0.1, 0.15) is 5.75 Å². The summed E-state index contributed by atoms with van der Waals surface area (Å²) < 4.78 is 7.30. The molecule has 0 aliphatic rings. The van der Waals surface area contributed by atoms with Gasteiger partial charge in [0.05, 0.1) is 17.3 Å². The van der Waals surface area contributed by atoms with Gasteiger partial charge in [-0.2, -0.15) is 0 Å². The smallest absolute Gasteiger partial charge is 0.152 e. The molecule has 0 amide bonds. The van der Waals surface area contributed by atoms with Crippen LogP contribution in [0.3, 0.4) is 0 Å². The van der Waals surface area contributed by atoms with E-state index < -0.39 is 0 Å². The van der Waals surface area contributed by atoms with Gasteiger partial charge in [0.25, 0.3) is 0 Å². The second-order valence-corrected chi connectivity index (χ2v) is 6.41. The highest BCUT2D eigenvalue weighted by atomic mass is 79.9. The molecule has 106 valence electrons. The Balaban J connectivity index is 2.24. The summed E-state index contributed by atoms with van der Waals surface area (Å²) in [6.07, 6.45) is 1.74. The number of nitrogens with zero attached hydrogens (tertiary/aromatic N) is 1. The second-order valence-electron chi connectivity index (χ2n) is 4.28. The molecule has 20 heavy (non-hydrogen) atoms. The van der Waals surface area contributed by atoms with E-state index in [2.05, 4.69) is 42.2 Å². The van der Waals surface area contributed by atoms with E-state index in [1.54, 1.807) is 13.3 Å². The van der Waals surface area contributed by atoms with Gasteiger partial charge in [-0.15, -0.1) is 0 Å². The van der Waals surface area contributed by atoms with Crippen LogP contribution in [0.1, 0.15) is 11.1 Å². The molecule has 2 rings (SSSR count). The molecule has 0 spiro atoms. The van der Waals surface area contributed by atoms with Crippen molar-refractivity contribution in [1.82, 2.24) is 4.98 Å². The van der Waals surface area contributed by atoms with Gasteiger partial charge in [-0.25, -0.2) is 4.98 Å². The molecule has 1 heterocycles. The lowest BCUT2D eigenvalue weighted by Gasteiger charge is -2.13. The lowest BCUT2D eigenvalue weighted by atomic mass is 10.2. The summed E-state index contributed by atoms with van der Waals surface area (Å²) in [5.41, 5.74) is 2.88. The van der Waals surface area contributed by atoms with Crippen LogP contribution >= 0.6 is 43.5 Å². The van der Waals surface area contributed by atoms with Gasteiger partial charge < -0.3 is 10.1 Å². The Kier molecular flexibility index (Phi) is 5.29. The van der Waals surface area contributed by atoms with Gasteiger partial charge in [0.15, 0.2) is 5.15 Å². The third-order valence-corrected chi connectivity index (χ3v) is 4.08. The summed E-state index contributed by atoms with van der Waals surface area (Å²) in [6, 6.07) is 5.92. The number of pyridine rings is 1. The molecular weight excluding hydrogens is 407 g/mol. The van der Waals surface area contributed by atoms with Crippen molar-refractivity contribution < 1.29 is 4.74 Å². The molecule has 6 heteroatoms. The molecule has 2 aromatic rings. The lowest BCUT2D eigenvalue weighted by Crippen LogP contribution is -2.03. The number of anilines is 1. The molecule has 1 N–H and O–H groups in total. The van der Waals surface area contributed by atoms with E-state index in [0.29, 0.717) is 11.7 Å². The standard InChI is InChI=1S/C14H13Br2ClN2O/c1-8-3-12(14(17)19-6-8)18-7-9-4-10(15)5-11(16)13(9)20-2/h3-6,18H,7H2,1-2H3. The van der Waals surface area contributed by atoms with Crippen LogP contribution in [0.5, 0.6) is 5.75 Å². The Morgan fingerprint density at radius 1 is 1.30 bits per heavy atom. The predicted molar refractivity (Wildman–Crippen MR) is 89.7 cm³/mol. The Morgan fingerprint density at radius 2 is 2.05 bits per heavy atom. The average Bonchev–Trinajstić information content (AvgIpc) is 2.39. The number of benzene rings is 1. The number of methoxy groups -OCH3 is 1. The summed E-state index contributed by atoms with van der Waals surface area (Å²) >= 11 is 13.0. The van der Waals surface area contributed by atoms with Gasteiger partial charge in [0.2, 0.25) is 0 Å². The first-order valence-electron chi connectivity index (χ1n) is 5.89. The minimum atomic E-state index is 0.462. The first-order valence-corrected chi connectivity index (χ1v) is 7.85. The number of halogens is 3. The first kappa shape index (κ1) is 15.6. The van der Waals surface area contributed by atoms with Gasteiger partial charge >= 0.3 is 0 Å². The highest BCUT2D eigenvalue weighted by Gasteiger charge is 2.10. The van der Waals surface area contributed by atoms with Crippen LogP contribution in [0.4, 0.5) is 5.69 Å². The fraction of sp³-hybridized carbons (Fsp3) is 0.214. The second kappa shape index (κ2) is 6.78. The van der Waals surface area contributed by atoms with Gasteiger partial charge in [-0.05, 0) is 46.6 Å². The fourth-order valence-electron chi connectivity index (χ4n) is 1.84. The van der Waals surface area contributed by atoms with Crippen molar-refractivity contribution in [2.24, 2.45) is 0 Å². The van der Waals surface area contributed by atoms with Crippen molar-refractivity contribution in [3.8, 4) is 5.75 Å². The fourth-order valence-corrected chi connectivity index (χ4v) is 3.49. The van der Waals surface area contributed by atoms with Crippen molar-refractivity contribution in [2.75, 3.05) is 12.4 Å². The van der Waals surface area contributed by atoms with Crippen LogP contribution in [-0.4, -0.2) is 12.1 Å². The maximum absolute atomic E-state index is 6.08. The molecule has 3 nitrogen and oxygen atoms in total. The van der Waals surface area contributed by atoms with Crippen molar-refractivity contribution in [3.05, 3.63) is 49.6 Å². The van der Waals surface area contributed by atoms with E-state index in [0.717, 1.165) is 31.5 Å². The summed E-state index contributed by atoms with van der Waals surface area (Å²) in [5.74, 6) is 0.803. The number of aromatic nitrogens is 1. The summed E-state index contributed by atoms with van der Waals surface area (Å²) in [7, 11) is 1.65. The molecular formula is C14H13Br2ClN2O. The summed E-state index contributed by atoms with van der Waals surface area (Å²) in [4.78, 5) is 4.12. The van der Waals surface area contributed by atoms with E-state index in [4.69, 9.17) is 16.3 Å². The molecule has 0 atom stereocenters. The number of hydrogen-bond donors (Lipinski definition) is 1. The number of aryl methyl sites for hydroxylation is 1. The van der Waals surface area contributed by atoms with E-state index in [-0.39, 0.29) is 0 Å². The topological polar surface area (TPSA) is 34.1 Å². The zero-order chi connectivity index (χ0) is 14.7. The Labute approximate surface area is 140 Å². The molecule has 0 unspecified atom stereocenters. The Morgan fingerprint density at radius 3 is 2.75 bits per heavy atom. The van der Waals surface area contributed by atoms with Crippen LogP contribution in [-0.2, 0) is 6.54 Å². The normalized spacial score (nSPS) is 10.4. The highest BCUT2D eigenvalue weighted by molar-refractivity contribution is 9.11. The largest absolute Gasteiger partial charge is 0.495 e. The van der Waals surface area contributed by atoms with E-state index in [1.807, 2.05) is 25.1 Å². The highest BCUT2D eigenvalue weighted by Crippen LogP contribution is 2.33. The number of ether oxygens (including phenoxy) is 1. The summed E-state index contributed by atoms with van der Waals surface area (Å²) in [5, 5.41) is 3.74. The maximum Gasteiger partial charge on any atom is 0.152 e. The molecule has 0 aliphatic heterocycles. The van der Waals surface area contributed by atoms with Crippen LogP contribution in [0.25, 0.3) is 0 Å². The molecule has 1 aromatic heterocycles. The van der Waals surface area contributed by atoms with Crippen LogP contribution in [0.15, 0.2) is 33.3 Å². The van der Waals surface area contributed by atoms with Crippen LogP contribution in [0.2, 0.25) is 5.15 Å². The van der Waals surface area contributed by atoms with Crippen molar-refractivity contribution in [1.29, 1.82) is 0 Å². The van der Waals surface area contributed by atoms with E-state index >= 15 is 0 Å². The monoisotopic (exact) mass is 418 g/mol. The van der Waals surface area contributed by atoms with Crippen molar-refractivity contribution >= 4 is 49.1 Å². The molecule has 0 saturated carbocycles. The lowest BCUT2D eigenvalue weighted by molar-refractivity contribution is 0.407. The van der Waals surface area contributed by atoms with E-state index in [9.17, 15) is 0 Å². The third-order valence-electron chi connectivity index (χ3n) is 2.73. The SMILES string of the molecule is COc1c(Br)cc(Br)cc1CNc1cc(C)cnc1Cl. The maximum atomic E-state index is 6.08. The van der Waals surface area contributed by atoms with Gasteiger partial charge in [0, 0.05) is 22.8 Å². The zero-order valence-corrected chi connectivity index (χ0v) is 14.9. The average molecular weight is 421 g/mol. The van der Waals surface area contributed by atoms with Crippen molar-refractivity contribution in [2.45, 2.75) is 13.5 Å². The molecule has 0 aliphatic carbocycles. The molecule has 0 fully saturated rings. The number of nitrogens with one attached hydrogen (secondary N) is 1. The van der Waals surface area contributed by atoms with E-state index in [1.165, 1.54) is 0 Å². The first-order chi connectivity index (χ1) is 9.51. The number of rotatable bonds is 4. The quantitative estimate of drug-likeness (QED) is 0.692. The zero-order valence-electron chi connectivity index (χ0n) is 11.0. The van der Waals surface area contributed by atoms with Gasteiger partial charge in [-0.3, -0.25) is 0 Å². The Hall–Kier alpha value is -0.780. The Bertz CT molecular complexity index is 635. The number of hydrogen-bond acceptors (Lipinski definition) is 3. The van der Waals surface area contributed by atoms with Gasteiger partial charge in [-0.1, -0.05) is 27.5 Å². The molecule has 0 bridgehead atoms. The molecule has 0 radical (unpaired) electrons. The molecule has 0 saturated heterocycles.